The smallest absolute Gasteiger partial charge is 0.355 e. The molecule has 0 amide bonds. The minimum atomic E-state index is -0.510. The number of carbonyl (C=O) groups is 1. The number of hydrogen-bond donors (Lipinski definition) is 2. The Hall–Kier alpha value is -1.23. The monoisotopic (exact) mass is 255 g/mol. The number of nitrogens with two attached hydrogens (primary N) is 2. The summed E-state index contributed by atoms with van der Waals surface area (Å²) in [4.78, 5) is 11.4. The van der Waals surface area contributed by atoms with Crippen molar-refractivity contribution in [3.05, 3.63) is 11.9 Å². The lowest BCUT2D eigenvalue weighted by Crippen LogP contribution is -2.41. The molecule has 1 saturated carbocycles. The molecule has 0 aromatic rings. The fraction of sp³-hybridized carbons (Fsp3) is 0.769. The Kier molecular flexibility index (Phi) is 5.02. The van der Waals surface area contributed by atoms with Crippen LogP contribution >= 0.6 is 0 Å². The van der Waals surface area contributed by atoms with Crippen molar-refractivity contribution >= 4 is 5.97 Å². The summed E-state index contributed by atoms with van der Waals surface area (Å²) < 4.78 is 4.81. The minimum absolute atomic E-state index is 0.0594. The second-order valence-corrected chi connectivity index (χ2v) is 5.65. The van der Waals surface area contributed by atoms with E-state index in [2.05, 4.69) is 13.8 Å². The molecule has 0 aromatic heterocycles. The fourth-order valence-corrected chi connectivity index (χ4v) is 2.22. The zero-order chi connectivity index (χ0) is 13.8. The second kappa shape index (κ2) is 6.09. The van der Waals surface area contributed by atoms with Gasteiger partial charge in [-0.2, -0.15) is 0 Å². The zero-order valence-electron chi connectivity index (χ0n) is 11.6. The van der Waals surface area contributed by atoms with E-state index in [9.17, 15) is 4.79 Å². The Bertz CT molecular complexity index is 316. The summed E-state index contributed by atoms with van der Waals surface area (Å²) in [6.07, 6.45) is 5.81. The fourth-order valence-electron chi connectivity index (χ4n) is 2.22. The Morgan fingerprint density at radius 3 is 2.50 bits per heavy atom. The molecule has 0 radical (unpaired) electrons. The Morgan fingerprint density at radius 1 is 1.44 bits per heavy atom. The van der Waals surface area contributed by atoms with Crippen molar-refractivity contribution in [1.82, 2.24) is 5.01 Å². The van der Waals surface area contributed by atoms with Crippen LogP contribution in [0.4, 0.5) is 0 Å². The van der Waals surface area contributed by atoms with Gasteiger partial charge in [0, 0.05) is 12.2 Å². The number of nitrogens with zero attached hydrogens (tertiary/aromatic N) is 1. The Morgan fingerprint density at radius 2 is 2.00 bits per heavy atom. The molecule has 0 bridgehead atoms. The molecule has 1 aliphatic rings. The highest BCUT2D eigenvalue weighted by Crippen LogP contribution is 2.36. The van der Waals surface area contributed by atoms with Gasteiger partial charge in [0.2, 0.25) is 0 Å². The average Bonchev–Trinajstić information content (AvgIpc) is 2.28. The number of ether oxygens (including phenoxy) is 1. The number of esters is 1. The van der Waals surface area contributed by atoms with Gasteiger partial charge in [0.25, 0.3) is 0 Å². The van der Waals surface area contributed by atoms with Crippen molar-refractivity contribution in [2.45, 2.75) is 52.5 Å². The van der Waals surface area contributed by atoms with Crippen LogP contribution in [-0.2, 0) is 9.53 Å². The maximum Gasteiger partial charge on any atom is 0.355 e. The van der Waals surface area contributed by atoms with Crippen molar-refractivity contribution in [3.8, 4) is 0 Å². The van der Waals surface area contributed by atoms with E-state index >= 15 is 0 Å². The molecule has 0 spiro atoms. The van der Waals surface area contributed by atoms with Gasteiger partial charge < -0.3 is 15.5 Å². The van der Waals surface area contributed by atoms with Crippen LogP contribution in [0.15, 0.2) is 11.9 Å². The number of carbonyl (C=O) groups excluding carboxylic acids is 1. The quantitative estimate of drug-likeness (QED) is 0.344. The third-order valence-electron chi connectivity index (χ3n) is 3.53. The molecule has 104 valence electrons. The average molecular weight is 255 g/mol. The van der Waals surface area contributed by atoms with Crippen molar-refractivity contribution in [3.63, 3.8) is 0 Å². The highest BCUT2D eigenvalue weighted by molar-refractivity contribution is 5.87. The molecule has 1 rings (SSSR count). The third kappa shape index (κ3) is 4.22. The number of hydrogen-bond acceptors (Lipinski definition) is 5. The molecule has 4 N–H and O–H groups in total. The van der Waals surface area contributed by atoms with Gasteiger partial charge in [-0.05, 0) is 38.0 Å². The van der Waals surface area contributed by atoms with E-state index < -0.39 is 5.97 Å². The first-order valence-corrected chi connectivity index (χ1v) is 6.53. The standard InChI is InChI=1S/C13H25N3O2/c1-4-18-12(17)11(14)9-16(15)10-5-7-13(2,3)8-6-10/h9-10H,4-8,14-15H2,1-3H3/b11-9-. The van der Waals surface area contributed by atoms with Crippen LogP contribution in [0.3, 0.4) is 0 Å². The van der Waals surface area contributed by atoms with E-state index in [0.717, 1.165) is 25.7 Å². The second-order valence-electron chi connectivity index (χ2n) is 5.65. The van der Waals surface area contributed by atoms with Crippen LogP contribution in [-0.4, -0.2) is 23.6 Å². The van der Waals surface area contributed by atoms with Crippen molar-refractivity contribution in [1.29, 1.82) is 0 Å². The molecule has 0 saturated heterocycles. The van der Waals surface area contributed by atoms with Crippen LogP contribution in [0, 0.1) is 5.41 Å². The van der Waals surface area contributed by atoms with Crippen LogP contribution in [0.1, 0.15) is 46.5 Å². The maximum absolute atomic E-state index is 11.4. The van der Waals surface area contributed by atoms with E-state index in [1.807, 2.05) is 0 Å². The first-order valence-electron chi connectivity index (χ1n) is 6.53. The molecule has 0 unspecified atom stereocenters. The van der Waals surface area contributed by atoms with E-state index in [1.54, 1.807) is 11.9 Å². The van der Waals surface area contributed by atoms with E-state index in [0.29, 0.717) is 12.0 Å². The molecular weight excluding hydrogens is 230 g/mol. The van der Waals surface area contributed by atoms with Gasteiger partial charge in [0.1, 0.15) is 5.70 Å². The van der Waals surface area contributed by atoms with Crippen LogP contribution in [0.5, 0.6) is 0 Å². The molecule has 5 heteroatoms. The van der Waals surface area contributed by atoms with E-state index in [4.69, 9.17) is 16.3 Å². The molecule has 0 atom stereocenters. The predicted molar refractivity (Wildman–Crippen MR) is 71.0 cm³/mol. The first kappa shape index (κ1) is 14.8. The van der Waals surface area contributed by atoms with Gasteiger partial charge in [-0.1, -0.05) is 13.8 Å². The lowest BCUT2D eigenvalue weighted by atomic mass is 9.75. The summed E-state index contributed by atoms with van der Waals surface area (Å²) in [6, 6.07) is 0.256. The SMILES string of the molecule is CCOC(=O)/C(N)=C/N(N)C1CCC(C)(C)CC1. The van der Waals surface area contributed by atoms with E-state index in [1.165, 1.54) is 6.20 Å². The minimum Gasteiger partial charge on any atom is -0.461 e. The zero-order valence-corrected chi connectivity index (χ0v) is 11.6. The number of rotatable bonds is 4. The molecule has 1 fully saturated rings. The van der Waals surface area contributed by atoms with Crippen molar-refractivity contribution in [2.24, 2.45) is 17.0 Å². The highest BCUT2D eigenvalue weighted by atomic mass is 16.5. The van der Waals surface area contributed by atoms with Crippen molar-refractivity contribution < 1.29 is 9.53 Å². The van der Waals surface area contributed by atoms with Crippen molar-refractivity contribution in [2.75, 3.05) is 6.61 Å². The van der Waals surface area contributed by atoms with Crippen LogP contribution < -0.4 is 11.6 Å². The van der Waals surface area contributed by atoms with Gasteiger partial charge in [-0.3, -0.25) is 0 Å². The summed E-state index contributed by atoms with van der Waals surface area (Å²) >= 11 is 0. The van der Waals surface area contributed by atoms with Gasteiger partial charge in [-0.15, -0.1) is 0 Å². The van der Waals surface area contributed by atoms with E-state index in [-0.39, 0.29) is 11.7 Å². The van der Waals surface area contributed by atoms with Gasteiger partial charge in [-0.25, -0.2) is 10.6 Å². The summed E-state index contributed by atoms with van der Waals surface area (Å²) in [7, 11) is 0. The summed E-state index contributed by atoms with van der Waals surface area (Å²) in [6.45, 7) is 6.60. The molecule has 0 heterocycles. The summed E-state index contributed by atoms with van der Waals surface area (Å²) in [5.74, 6) is 5.43. The molecule has 0 aromatic carbocycles. The lowest BCUT2D eigenvalue weighted by Gasteiger charge is -2.37. The third-order valence-corrected chi connectivity index (χ3v) is 3.53. The molecule has 1 aliphatic carbocycles. The predicted octanol–water partition coefficient (Wildman–Crippen LogP) is 1.49. The molecule has 0 aliphatic heterocycles. The van der Waals surface area contributed by atoms with Gasteiger partial charge >= 0.3 is 5.97 Å². The van der Waals surface area contributed by atoms with Crippen LogP contribution in [0.2, 0.25) is 0 Å². The Balaban J connectivity index is 2.53. The molecular formula is C13H25N3O2. The van der Waals surface area contributed by atoms with Crippen LogP contribution in [0.25, 0.3) is 0 Å². The topological polar surface area (TPSA) is 81.6 Å². The Labute approximate surface area is 109 Å². The largest absolute Gasteiger partial charge is 0.461 e. The molecule has 5 nitrogen and oxygen atoms in total. The lowest BCUT2D eigenvalue weighted by molar-refractivity contribution is -0.138. The summed E-state index contributed by atoms with van der Waals surface area (Å²) in [5.41, 5.74) is 6.09. The normalized spacial score (nSPS) is 20.6. The number of hydrazine groups is 1. The highest BCUT2D eigenvalue weighted by Gasteiger charge is 2.28. The van der Waals surface area contributed by atoms with Gasteiger partial charge in [0.05, 0.1) is 6.61 Å². The molecule has 18 heavy (non-hydrogen) atoms. The maximum atomic E-state index is 11.4. The summed E-state index contributed by atoms with van der Waals surface area (Å²) in [5, 5.41) is 1.56. The first-order chi connectivity index (χ1) is 8.35. The van der Waals surface area contributed by atoms with Gasteiger partial charge in [0.15, 0.2) is 0 Å².